The molecule has 146 valence electrons. The first-order valence-corrected chi connectivity index (χ1v) is 8.79. The molecule has 0 fully saturated rings. The first-order chi connectivity index (χ1) is 13.5. The van der Waals surface area contributed by atoms with Gasteiger partial charge in [-0.2, -0.15) is 0 Å². The maximum absolute atomic E-state index is 13.0. The summed E-state index contributed by atoms with van der Waals surface area (Å²) in [6.45, 7) is 1.71. The van der Waals surface area contributed by atoms with Gasteiger partial charge < -0.3 is 15.2 Å². The van der Waals surface area contributed by atoms with Gasteiger partial charge in [-0.15, -0.1) is 0 Å². The molecule has 8 heteroatoms. The number of anilines is 1. The first kappa shape index (κ1) is 19.2. The Balaban J connectivity index is 2.01. The number of carbonyl (C=O) groups excluding carboxylic acids is 2. The third-order valence-corrected chi connectivity index (χ3v) is 4.32. The lowest BCUT2D eigenvalue weighted by molar-refractivity contribution is -0.119. The molecule has 0 saturated carbocycles. The number of aromatic nitrogens is 2. The molecule has 0 aliphatic carbocycles. The number of pyridine rings is 1. The average Bonchev–Trinajstić information content (AvgIpc) is 3.10. The van der Waals surface area contributed by atoms with Gasteiger partial charge in [0.05, 0.1) is 12.8 Å². The second-order valence-corrected chi connectivity index (χ2v) is 6.15. The maximum atomic E-state index is 13.0. The van der Waals surface area contributed by atoms with Crippen molar-refractivity contribution < 1.29 is 19.1 Å². The van der Waals surface area contributed by atoms with Crippen molar-refractivity contribution in [2.75, 3.05) is 25.7 Å². The standard InChI is InChI=1S/C20H22N4O4/c1-4-15-19(23(2)20(26)13-7-9-14(27-3)10-8-13)24-11-5-6-16(18(24)22-15)28-12-17(21)25/h5-11H,4,12H2,1-3H3,(H2,21,25). The lowest BCUT2D eigenvalue weighted by Crippen LogP contribution is -2.28. The minimum atomic E-state index is -0.573. The number of benzene rings is 1. The minimum Gasteiger partial charge on any atom is -0.497 e. The summed E-state index contributed by atoms with van der Waals surface area (Å²) in [5, 5.41) is 0. The molecule has 2 N–H and O–H groups in total. The summed E-state index contributed by atoms with van der Waals surface area (Å²) in [5.74, 6) is 0.994. The number of fused-ring (bicyclic) bond motifs is 1. The molecule has 8 nitrogen and oxygen atoms in total. The summed E-state index contributed by atoms with van der Waals surface area (Å²) < 4.78 is 12.4. The van der Waals surface area contributed by atoms with E-state index in [0.29, 0.717) is 34.9 Å². The fraction of sp³-hybridized carbons (Fsp3) is 0.250. The van der Waals surface area contributed by atoms with Crippen molar-refractivity contribution in [1.29, 1.82) is 0 Å². The van der Waals surface area contributed by atoms with Gasteiger partial charge >= 0.3 is 0 Å². The van der Waals surface area contributed by atoms with Crippen molar-refractivity contribution >= 4 is 23.3 Å². The Kier molecular flexibility index (Phi) is 5.49. The molecular weight excluding hydrogens is 360 g/mol. The number of rotatable bonds is 7. The zero-order valence-electron chi connectivity index (χ0n) is 16.0. The van der Waals surface area contributed by atoms with E-state index in [2.05, 4.69) is 4.98 Å². The SMILES string of the molecule is CCc1nc2c(OCC(N)=O)cccn2c1N(C)C(=O)c1ccc(OC)cc1. The Morgan fingerprint density at radius 1 is 1.21 bits per heavy atom. The summed E-state index contributed by atoms with van der Waals surface area (Å²) in [6, 6.07) is 10.4. The van der Waals surface area contributed by atoms with Crippen LogP contribution in [0.5, 0.6) is 11.5 Å². The number of hydrogen-bond donors (Lipinski definition) is 1. The highest BCUT2D eigenvalue weighted by molar-refractivity contribution is 6.06. The van der Waals surface area contributed by atoms with Gasteiger partial charge in [-0.1, -0.05) is 6.92 Å². The molecule has 0 spiro atoms. The monoisotopic (exact) mass is 382 g/mol. The van der Waals surface area contributed by atoms with Crippen LogP contribution in [0.25, 0.3) is 5.65 Å². The Labute approximate surface area is 162 Å². The number of primary amides is 1. The fourth-order valence-corrected chi connectivity index (χ4v) is 2.95. The van der Waals surface area contributed by atoms with Gasteiger partial charge in [0.15, 0.2) is 18.0 Å². The van der Waals surface area contributed by atoms with Crippen LogP contribution in [0.3, 0.4) is 0 Å². The third kappa shape index (κ3) is 3.62. The fourth-order valence-electron chi connectivity index (χ4n) is 2.95. The van der Waals surface area contributed by atoms with Crippen LogP contribution in [0.1, 0.15) is 23.0 Å². The third-order valence-electron chi connectivity index (χ3n) is 4.32. The van der Waals surface area contributed by atoms with E-state index in [1.54, 1.807) is 66.1 Å². The van der Waals surface area contributed by atoms with Crippen LogP contribution in [0.2, 0.25) is 0 Å². The Morgan fingerprint density at radius 2 is 1.93 bits per heavy atom. The molecular formula is C20H22N4O4. The van der Waals surface area contributed by atoms with Gasteiger partial charge in [0.2, 0.25) is 0 Å². The van der Waals surface area contributed by atoms with E-state index in [4.69, 9.17) is 15.2 Å². The maximum Gasteiger partial charge on any atom is 0.259 e. The molecule has 1 aromatic carbocycles. The van der Waals surface area contributed by atoms with Crippen molar-refractivity contribution in [3.8, 4) is 11.5 Å². The average molecular weight is 382 g/mol. The van der Waals surface area contributed by atoms with Crippen LogP contribution in [-0.4, -0.2) is 42.0 Å². The molecule has 28 heavy (non-hydrogen) atoms. The van der Waals surface area contributed by atoms with Crippen molar-refractivity contribution in [2.45, 2.75) is 13.3 Å². The summed E-state index contributed by atoms with van der Waals surface area (Å²) in [4.78, 5) is 30.2. The predicted molar refractivity (Wildman–Crippen MR) is 105 cm³/mol. The smallest absolute Gasteiger partial charge is 0.259 e. The molecule has 0 aliphatic heterocycles. The Bertz CT molecular complexity index is 1010. The Morgan fingerprint density at radius 3 is 2.54 bits per heavy atom. The van der Waals surface area contributed by atoms with Crippen molar-refractivity contribution in [2.24, 2.45) is 5.73 Å². The van der Waals surface area contributed by atoms with Crippen LogP contribution in [0.15, 0.2) is 42.6 Å². The van der Waals surface area contributed by atoms with Gasteiger partial charge in [0, 0.05) is 18.8 Å². The number of imidazole rings is 1. The molecule has 0 atom stereocenters. The normalized spacial score (nSPS) is 10.7. The van der Waals surface area contributed by atoms with Crippen molar-refractivity contribution in [3.05, 3.63) is 53.9 Å². The van der Waals surface area contributed by atoms with E-state index in [1.165, 1.54) is 0 Å². The number of aryl methyl sites for hydroxylation is 1. The van der Waals surface area contributed by atoms with Crippen molar-refractivity contribution in [1.82, 2.24) is 9.38 Å². The highest BCUT2D eigenvalue weighted by Gasteiger charge is 2.22. The van der Waals surface area contributed by atoms with E-state index >= 15 is 0 Å². The molecule has 3 aromatic rings. The number of methoxy groups -OCH3 is 1. The lowest BCUT2D eigenvalue weighted by atomic mass is 10.2. The molecule has 0 saturated heterocycles. The largest absolute Gasteiger partial charge is 0.497 e. The zero-order valence-corrected chi connectivity index (χ0v) is 16.0. The highest BCUT2D eigenvalue weighted by Crippen LogP contribution is 2.29. The molecule has 0 bridgehead atoms. The van der Waals surface area contributed by atoms with Crippen molar-refractivity contribution in [3.63, 3.8) is 0 Å². The molecule has 2 aromatic heterocycles. The highest BCUT2D eigenvalue weighted by atomic mass is 16.5. The number of nitrogens with zero attached hydrogens (tertiary/aromatic N) is 3. The van der Waals surface area contributed by atoms with Gasteiger partial charge in [0.1, 0.15) is 11.6 Å². The zero-order chi connectivity index (χ0) is 20.3. The predicted octanol–water partition coefficient (Wildman–Crippen LogP) is 2.05. The van der Waals surface area contributed by atoms with Gasteiger partial charge in [-0.25, -0.2) is 4.98 Å². The van der Waals surface area contributed by atoms with Gasteiger partial charge in [-0.3, -0.25) is 18.9 Å². The molecule has 0 unspecified atom stereocenters. The van der Waals surface area contributed by atoms with Crippen LogP contribution in [0.4, 0.5) is 5.82 Å². The van der Waals surface area contributed by atoms with Gasteiger partial charge in [-0.05, 0) is 42.8 Å². The topological polar surface area (TPSA) is 99.2 Å². The number of carbonyl (C=O) groups is 2. The summed E-state index contributed by atoms with van der Waals surface area (Å²) >= 11 is 0. The molecule has 3 rings (SSSR count). The van der Waals surface area contributed by atoms with Crippen LogP contribution in [-0.2, 0) is 11.2 Å². The molecule has 2 heterocycles. The first-order valence-electron chi connectivity index (χ1n) is 8.79. The van der Waals surface area contributed by atoms with E-state index in [-0.39, 0.29) is 12.5 Å². The second-order valence-electron chi connectivity index (χ2n) is 6.15. The number of nitrogens with two attached hydrogens (primary N) is 1. The van der Waals surface area contributed by atoms with E-state index < -0.39 is 5.91 Å². The van der Waals surface area contributed by atoms with Gasteiger partial charge in [0.25, 0.3) is 11.8 Å². The number of amides is 2. The van der Waals surface area contributed by atoms with E-state index in [9.17, 15) is 9.59 Å². The van der Waals surface area contributed by atoms with E-state index in [0.717, 1.165) is 5.69 Å². The van der Waals surface area contributed by atoms with E-state index in [1.807, 2.05) is 6.92 Å². The quantitative estimate of drug-likeness (QED) is 0.674. The van der Waals surface area contributed by atoms with Crippen LogP contribution in [0, 0.1) is 0 Å². The minimum absolute atomic E-state index is 0.178. The molecule has 0 radical (unpaired) electrons. The number of hydrogen-bond acceptors (Lipinski definition) is 5. The molecule has 2 amide bonds. The Hall–Kier alpha value is -3.55. The number of ether oxygens (including phenoxy) is 2. The lowest BCUT2D eigenvalue weighted by Gasteiger charge is -2.18. The summed E-state index contributed by atoms with van der Waals surface area (Å²) in [5.41, 5.74) is 6.95. The summed E-state index contributed by atoms with van der Waals surface area (Å²) in [7, 11) is 3.28. The molecule has 0 aliphatic rings. The van der Waals surface area contributed by atoms with Crippen LogP contribution < -0.4 is 20.1 Å². The summed E-state index contributed by atoms with van der Waals surface area (Å²) in [6.07, 6.45) is 2.41. The van der Waals surface area contributed by atoms with Crippen LogP contribution >= 0.6 is 0 Å². The second kappa shape index (κ2) is 7.99.